The lowest BCUT2D eigenvalue weighted by Crippen LogP contribution is -2.17. The maximum Gasteiger partial charge on any atom is 0.255 e. The predicted octanol–water partition coefficient (Wildman–Crippen LogP) is 4.08. The Labute approximate surface area is 151 Å². The molecule has 1 heterocycles. The van der Waals surface area contributed by atoms with Crippen LogP contribution in [0.4, 0.5) is 5.69 Å². The van der Waals surface area contributed by atoms with Crippen molar-refractivity contribution in [1.82, 2.24) is 0 Å². The van der Waals surface area contributed by atoms with Crippen molar-refractivity contribution < 1.29 is 19.0 Å². The molecule has 0 saturated carbocycles. The number of para-hydroxylation sites is 1. The first-order valence-corrected chi connectivity index (χ1v) is 8.45. The zero-order valence-electron chi connectivity index (χ0n) is 14.2. The molecule has 0 aliphatic carbocycles. The molecular formula is C19H20ClNO4. The molecule has 0 spiro atoms. The van der Waals surface area contributed by atoms with E-state index >= 15 is 0 Å². The summed E-state index contributed by atoms with van der Waals surface area (Å²) in [4.78, 5) is 12.6. The molecule has 1 aliphatic heterocycles. The Morgan fingerprint density at radius 3 is 2.80 bits per heavy atom. The highest BCUT2D eigenvalue weighted by Gasteiger charge is 2.20. The molecule has 3 rings (SSSR count). The van der Waals surface area contributed by atoms with Crippen molar-refractivity contribution >= 4 is 23.2 Å². The second-order valence-corrected chi connectivity index (χ2v) is 6.26. The van der Waals surface area contributed by atoms with Crippen molar-refractivity contribution in [2.45, 2.75) is 19.4 Å². The largest absolute Gasteiger partial charge is 0.493 e. The lowest BCUT2D eigenvalue weighted by atomic mass is 10.1. The van der Waals surface area contributed by atoms with Crippen LogP contribution in [0.25, 0.3) is 0 Å². The third kappa shape index (κ3) is 4.06. The first-order valence-electron chi connectivity index (χ1n) is 8.07. The molecule has 1 saturated heterocycles. The summed E-state index contributed by atoms with van der Waals surface area (Å²) in [7, 11) is 1.57. The number of hydrogen-bond acceptors (Lipinski definition) is 4. The molecule has 1 aliphatic rings. The smallest absolute Gasteiger partial charge is 0.255 e. The highest BCUT2D eigenvalue weighted by molar-refractivity contribution is 6.34. The van der Waals surface area contributed by atoms with Crippen LogP contribution in [0.1, 0.15) is 22.3 Å². The molecular weight excluding hydrogens is 342 g/mol. The third-order valence-electron chi connectivity index (χ3n) is 4.07. The minimum Gasteiger partial charge on any atom is -0.493 e. The van der Waals surface area contributed by atoms with Crippen LogP contribution in [-0.4, -0.2) is 32.3 Å². The summed E-state index contributed by atoms with van der Waals surface area (Å²) in [5, 5.41) is 3.36. The van der Waals surface area contributed by atoms with Gasteiger partial charge in [0.25, 0.3) is 5.91 Å². The number of methoxy groups -OCH3 is 1. The number of rotatable bonds is 5. The summed E-state index contributed by atoms with van der Waals surface area (Å²) in [5.41, 5.74) is 1.97. The molecule has 1 amide bonds. The number of halogens is 1. The average molecular weight is 362 g/mol. The lowest BCUT2D eigenvalue weighted by molar-refractivity contribution is 0.102. The number of hydrogen-bond donors (Lipinski definition) is 1. The molecule has 25 heavy (non-hydrogen) atoms. The Morgan fingerprint density at radius 1 is 1.28 bits per heavy atom. The third-order valence-corrected chi connectivity index (χ3v) is 4.38. The first kappa shape index (κ1) is 17.6. The maximum atomic E-state index is 12.6. The van der Waals surface area contributed by atoms with E-state index in [-0.39, 0.29) is 12.0 Å². The Bertz CT molecular complexity index is 752. The van der Waals surface area contributed by atoms with Crippen LogP contribution in [0, 0.1) is 6.92 Å². The van der Waals surface area contributed by atoms with Gasteiger partial charge in [-0.3, -0.25) is 4.79 Å². The van der Waals surface area contributed by atoms with E-state index in [0.29, 0.717) is 41.0 Å². The average Bonchev–Trinajstić information content (AvgIpc) is 3.11. The van der Waals surface area contributed by atoms with Gasteiger partial charge in [0.2, 0.25) is 0 Å². The molecule has 1 atom stereocenters. The van der Waals surface area contributed by atoms with Gasteiger partial charge in [-0.25, -0.2) is 0 Å². The van der Waals surface area contributed by atoms with Gasteiger partial charge in [0.1, 0.15) is 6.10 Å². The summed E-state index contributed by atoms with van der Waals surface area (Å²) in [6.45, 7) is 3.11. The topological polar surface area (TPSA) is 56.8 Å². The van der Waals surface area contributed by atoms with Gasteiger partial charge in [0.15, 0.2) is 11.5 Å². The zero-order valence-corrected chi connectivity index (χ0v) is 14.9. The van der Waals surface area contributed by atoms with Crippen molar-refractivity contribution in [3.8, 4) is 11.5 Å². The minimum absolute atomic E-state index is 0.0296. The molecule has 0 aromatic heterocycles. The van der Waals surface area contributed by atoms with Crippen LogP contribution in [0.3, 0.4) is 0 Å². The van der Waals surface area contributed by atoms with Crippen molar-refractivity contribution in [3.05, 3.63) is 52.5 Å². The van der Waals surface area contributed by atoms with E-state index in [2.05, 4.69) is 5.32 Å². The second-order valence-electron chi connectivity index (χ2n) is 5.85. The van der Waals surface area contributed by atoms with E-state index in [1.54, 1.807) is 31.4 Å². The molecule has 6 heteroatoms. The van der Waals surface area contributed by atoms with E-state index in [1.807, 2.05) is 19.1 Å². The minimum atomic E-state index is -0.258. The summed E-state index contributed by atoms with van der Waals surface area (Å²) < 4.78 is 16.6. The molecule has 132 valence electrons. The fourth-order valence-corrected chi connectivity index (χ4v) is 2.94. The first-order chi connectivity index (χ1) is 12.1. The van der Waals surface area contributed by atoms with Gasteiger partial charge < -0.3 is 19.5 Å². The fraction of sp³-hybridized carbons (Fsp3) is 0.316. The van der Waals surface area contributed by atoms with Gasteiger partial charge in [-0.1, -0.05) is 23.7 Å². The zero-order chi connectivity index (χ0) is 17.8. The van der Waals surface area contributed by atoms with Gasteiger partial charge >= 0.3 is 0 Å². The quantitative estimate of drug-likeness (QED) is 0.871. The number of aryl methyl sites for hydroxylation is 1. The van der Waals surface area contributed by atoms with E-state index < -0.39 is 0 Å². The number of carbonyl (C=O) groups is 1. The van der Waals surface area contributed by atoms with Gasteiger partial charge in [-0.05, 0) is 36.8 Å². The van der Waals surface area contributed by atoms with Crippen molar-refractivity contribution in [2.75, 3.05) is 25.6 Å². The van der Waals surface area contributed by atoms with E-state index in [0.717, 1.165) is 12.0 Å². The SMILES string of the molecule is COc1ccc(C(=O)Nc2c(C)cccc2Cl)cc1OC1CCOC1. The van der Waals surface area contributed by atoms with Crippen molar-refractivity contribution in [3.63, 3.8) is 0 Å². The predicted molar refractivity (Wildman–Crippen MR) is 97.0 cm³/mol. The second kappa shape index (κ2) is 7.76. The number of nitrogens with one attached hydrogen (secondary N) is 1. The van der Waals surface area contributed by atoms with Crippen LogP contribution >= 0.6 is 11.6 Å². The van der Waals surface area contributed by atoms with E-state index in [1.165, 1.54) is 0 Å². The van der Waals surface area contributed by atoms with Crippen LogP contribution < -0.4 is 14.8 Å². The molecule has 1 N–H and O–H groups in total. The maximum absolute atomic E-state index is 12.6. The fourth-order valence-electron chi connectivity index (χ4n) is 2.67. The van der Waals surface area contributed by atoms with Gasteiger partial charge in [0.05, 0.1) is 31.0 Å². The number of amides is 1. The number of benzene rings is 2. The number of carbonyl (C=O) groups excluding carboxylic acids is 1. The molecule has 2 aromatic carbocycles. The Morgan fingerprint density at radius 2 is 2.12 bits per heavy atom. The summed E-state index contributed by atoms with van der Waals surface area (Å²) >= 11 is 6.18. The van der Waals surface area contributed by atoms with Crippen LogP contribution in [0.15, 0.2) is 36.4 Å². The van der Waals surface area contributed by atoms with E-state index in [9.17, 15) is 4.79 Å². The van der Waals surface area contributed by atoms with Crippen LogP contribution in [0.5, 0.6) is 11.5 Å². The van der Waals surface area contributed by atoms with Gasteiger partial charge in [-0.2, -0.15) is 0 Å². The lowest BCUT2D eigenvalue weighted by Gasteiger charge is -2.16. The summed E-state index contributed by atoms with van der Waals surface area (Å²) in [6, 6.07) is 10.6. The molecule has 1 fully saturated rings. The highest BCUT2D eigenvalue weighted by Crippen LogP contribution is 2.31. The Kier molecular flexibility index (Phi) is 5.46. The highest BCUT2D eigenvalue weighted by atomic mass is 35.5. The summed E-state index contributed by atoms with van der Waals surface area (Å²) in [6.07, 6.45) is 0.788. The molecule has 0 radical (unpaired) electrons. The molecule has 0 bridgehead atoms. The van der Waals surface area contributed by atoms with Crippen LogP contribution in [0.2, 0.25) is 5.02 Å². The Hall–Kier alpha value is -2.24. The van der Waals surface area contributed by atoms with Crippen LogP contribution in [-0.2, 0) is 4.74 Å². The number of ether oxygens (including phenoxy) is 3. The monoisotopic (exact) mass is 361 g/mol. The molecule has 1 unspecified atom stereocenters. The molecule has 5 nitrogen and oxygen atoms in total. The van der Waals surface area contributed by atoms with Crippen molar-refractivity contribution in [2.24, 2.45) is 0 Å². The summed E-state index contributed by atoms with van der Waals surface area (Å²) in [5.74, 6) is 0.852. The van der Waals surface area contributed by atoms with Gasteiger partial charge in [0, 0.05) is 12.0 Å². The standard InChI is InChI=1S/C19H20ClNO4/c1-12-4-3-5-15(20)18(12)21-19(22)13-6-7-16(23-2)17(10-13)25-14-8-9-24-11-14/h3-7,10,14H,8-9,11H2,1-2H3,(H,21,22). The normalized spacial score (nSPS) is 16.5. The Balaban J connectivity index is 1.82. The van der Waals surface area contributed by atoms with E-state index in [4.69, 9.17) is 25.8 Å². The van der Waals surface area contributed by atoms with Gasteiger partial charge in [-0.15, -0.1) is 0 Å². The molecule has 2 aromatic rings. The number of anilines is 1. The van der Waals surface area contributed by atoms with Crippen molar-refractivity contribution in [1.29, 1.82) is 0 Å².